The molecular weight excluding hydrogens is 312 g/mol. The summed E-state index contributed by atoms with van der Waals surface area (Å²) < 4.78 is 1.15. The zero-order valence-electron chi connectivity index (χ0n) is 12.7. The molecule has 0 aromatic heterocycles. The Hall–Kier alpha value is -0.540. The highest BCUT2D eigenvalue weighted by Crippen LogP contribution is 2.30. The van der Waals surface area contributed by atoms with Gasteiger partial charge in [0.15, 0.2) is 0 Å². The fourth-order valence-corrected chi connectivity index (χ4v) is 3.65. The molecule has 20 heavy (non-hydrogen) atoms. The van der Waals surface area contributed by atoms with Crippen molar-refractivity contribution in [2.45, 2.75) is 52.0 Å². The van der Waals surface area contributed by atoms with Crippen molar-refractivity contribution >= 4 is 21.6 Å². The first-order valence-electron chi connectivity index (χ1n) is 7.89. The molecule has 0 bridgehead atoms. The Morgan fingerprint density at radius 2 is 2.05 bits per heavy atom. The molecule has 0 aliphatic carbocycles. The monoisotopic (exact) mass is 338 g/mol. The lowest BCUT2D eigenvalue weighted by Gasteiger charge is -2.35. The van der Waals surface area contributed by atoms with E-state index < -0.39 is 0 Å². The maximum Gasteiger partial charge on any atom is 0.0400 e. The van der Waals surface area contributed by atoms with E-state index in [2.05, 4.69) is 52.9 Å². The highest BCUT2D eigenvalue weighted by atomic mass is 79.9. The quantitative estimate of drug-likeness (QED) is 0.864. The smallest absolute Gasteiger partial charge is 0.0400 e. The van der Waals surface area contributed by atoms with Crippen LogP contribution in [0, 0.1) is 5.92 Å². The number of rotatable bonds is 5. The fourth-order valence-electron chi connectivity index (χ4n) is 3.24. The van der Waals surface area contributed by atoms with E-state index in [-0.39, 0.29) is 6.04 Å². The second kappa shape index (κ2) is 7.46. The highest BCUT2D eigenvalue weighted by molar-refractivity contribution is 9.10. The third-order valence-corrected chi connectivity index (χ3v) is 4.73. The van der Waals surface area contributed by atoms with E-state index in [0.717, 1.165) is 16.8 Å². The Labute approximate surface area is 131 Å². The predicted octanol–water partition coefficient (Wildman–Crippen LogP) is 4.36. The van der Waals surface area contributed by atoms with E-state index in [1.165, 1.54) is 50.0 Å². The van der Waals surface area contributed by atoms with Gasteiger partial charge in [0.2, 0.25) is 0 Å². The van der Waals surface area contributed by atoms with Crippen molar-refractivity contribution < 1.29 is 0 Å². The number of nitrogens with two attached hydrogens (primary N) is 1. The predicted molar refractivity (Wildman–Crippen MR) is 91.3 cm³/mol. The molecule has 0 radical (unpaired) electrons. The van der Waals surface area contributed by atoms with Crippen LogP contribution in [-0.4, -0.2) is 19.1 Å². The van der Waals surface area contributed by atoms with Gasteiger partial charge in [0.25, 0.3) is 0 Å². The standard InChI is InChI=1S/C17H27BrN2/c1-3-4-14-7-9-20(10-8-14)17-6-5-16(18)12-15(17)11-13(2)19/h5-6,12-14H,3-4,7-11,19H2,1-2H3. The largest absolute Gasteiger partial charge is 0.371 e. The van der Waals surface area contributed by atoms with Crippen molar-refractivity contribution in [3.8, 4) is 0 Å². The van der Waals surface area contributed by atoms with Gasteiger partial charge in [-0.1, -0.05) is 35.7 Å². The molecule has 2 nitrogen and oxygen atoms in total. The molecule has 0 spiro atoms. The van der Waals surface area contributed by atoms with Gasteiger partial charge in [0.1, 0.15) is 0 Å². The Morgan fingerprint density at radius 3 is 2.65 bits per heavy atom. The molecule has 1 aliphatic heterocycles. The summed E-state index contributed by atoms with van der Waals surface area (Å²) in [6.07, 6.45) is 6.33. The molecule has 1 aromatic carbocycles. The van der Waals surface area contributed by atoms with Crippen molar-refractivity contribution in [3.63, 3.8) is 0 Å². The number of nitrogens with zero attached hydrogens (tertiary/aromatic N) is 1. The van der Waals surface area contributed by atoms with Gasteiger partial charge in [-0.15, -0.1) is 0 Å². The van der Waals surface area contributed by atoms with Gasteiger partial charge in [-0.25, -0.2) is 0 Å². The lowest BCUT2D eigenvalue weighted by molar-refractivity contribution is 0.378. The summed E-state index contributed by atoms with van der Waals surface area (Å²) in [4.78, 5) is 2.55. The maximum atomic E-state index is 6.00. The van der Waals surface area contributed by atoms with Gasteiger partial charge in [-0.2, -0.15) is 0 Å². The van der Waals surface area contributed by atoms with Crippen LogP contribution in [0.5, 0.6) is 0 Å². The fraction of sp³-hybridized carbons (Fsp3) is 0.647. The minimum Gasteiger partial charge on any atom is -0.371 e. The van der Waals surface area contributed by atoms with Crippen LogP contribution < -0.4 is 10.6 Å². The highest BCUT2D eigenvalue weighted by Gasteiger charge is 2.20. The lowest BCUT2D eigenvalue weighted by atomic mass is 9.91. The molecule has 2 rings (SSSR count). The minimum atomic E-state index is 0.209. The van der Waals surface area contributed by atoms with Crippen molar-refractivity contribution in [1.29, 1.82) is 0 Å². The molecule has 1 heterocycles. The molecule has 0 amide bonds. The number of piperidine rings is 1. The molecule has 1 fully saturated rings. The second-order valence-corrected chi connectivity index (χ2v) is 7.09. The topological polar surface area (TPSA) is 29.3 Å². The van der Waals surface area contributed by atoms with Crippen LogP contribution in [0.1, 0.15) is 45.1 Å². The Morgan fingerprint density at radius 1 is 1.35 bits per heavy atom. The summed E-state index contributed by atoms with van der Waals surface area (Å²) in [5.41, 5.74) is 8.77. The molecule has 112 valence electrons. The second-order valence-electron chi connectivity index (χ2n) is 6.17. The zero-order chi connectivity index (χ0) is 14.5. The molecule has 3 heteroatoms. The molecule has 1 saturated heterocycles. The minimum absolute atomic E-state index is 0.209. The Bertz CT molecular complexity index is 423. The molecule has 1 aliphatic rings. The van der Waals surface area contributed by atoms with Gasteiger partial charge >= 0.3 is 0 Å². The zero-order valence-corrected chi connectivity index (χ0v) is 14.3. The van der Waals surface area contributed by atoms with Crippen LogP contribution in [0.3, 0.4) is 0 Å². The number of halogens is 1. The van der Waals surface area contributed by atoms with Gasteiger partial charge < -0.3 is 10.6 Å². The van der Waals surface area contributed by atoms with E-state index in [1.54, 1.807) is 0 Å². The number of benzene rings is 1. The number of anilines is 1. The number of hydrogen-bond acceptors (Lipinski definition) is 2. The third-order valence-electron chi connectivity index (χ3n) is 4.24. The first-order chi connectivity index (χ1) is 9.60. The normalized spacial score (nSPS) is 18.3. The first kappa shape index (κ1) is 15.8. The van der Waals surface area contributed by atoms with Gasteiger partial charge in [0, 0.05) is 29.3 Å². The summed E-state index contributed by atoms with van der Waals surface area (Å²) in [7, 11) is 0. The average molecular weight is 339 g/mol. The molecule has 1 aromatic rings. The Balaban J connectivity index is 2.09. The van der Waals surface area contributed by atoms with Crippen LogP contribution in [0.4, 0.5) is 5.69 Å². The van der Waals surface area contributed by atoms with Gasteiger partial charge in [-0.05, 0) is 55.9 Å². The maximum absolute atomic E-state index is 6.00. The van der Waals surface area contributed by atoms with E-state index in [1.807, 2.05) is 0 Å². The average Bonchev–Trinajstić information content (AvgIpc) is 2.40. The van der Waals surface area contributed by atoms with E-state index in [4.69, 9.17) is 5.73 Å². The van der Waals surface area contributed by atoms with Crippen LogP contribution in [-0.2, 0) is 6.42 Å². The lowest BCUT2D eigenvalue weighted by Crippen LogP contribution is -2.34. The summed E-state index contributed by atoms with van der Waals surface area (Å²) in [5.74, 6) is 0.934. The molecule has 1 unspecified atom stereocenters. The van der Waals surface area contributed by atoms with Crippen LogP contribution in [0.15, 0.2) is 22.7 Å². The van der Waals surface area contributed by atoms with Gasteiger partial charge in [0.05, 0.1) is 0 Å². The van der Waals surface area contributed by atoms with Crippen LogP contribution in [0.25, 0.3) is 0 Å². The summed E-state index contributed by atoms with van der Waals surface area (Å²) in [6.45, 7) is 6.76. The molecular formula is C17H27BrN2. The number of hydrogen-bond donors (Lipinski definition) is 1. The molecule has 2 N–H and O–H groups in total. The summed E-state index contributed by atoms with van der Waals surface area (Å²) >= 11 is 3.58. The summed E-state index contributed by atoms with van der Waals surface area (Å²) in [6, 6.07) is 6.84. The van der Waals surface area contributed by atoms with Crippen molar-refractivity contribution in [3.05, 3.63) is 28.2 Å². The van der Waals surface area contributed by atoms with E-state index in [9.17, 15) is 0 Å². The van der Waals surface area contributed by atoms with Gasteiger partial charge in [-0.3, -0.25) is 0 Å². The van der Waals surface area contributed by atoms with Crippen LogP contribution >= 0.6 is 15.9 Å². The molecule has 1 atom stereocenters. The van der Waals surface area contributed by atoms with Crippen molar-refractivity contribution in [2.75, 3.05) is 18.0 Å². The first-order valence-corrected chi connectivity index (χ1v) is 8.68. The summed E-state index contributed by atoms with van der Waals surface area (Å²) in [5, 5.41) is 0. The van der Waals surface area contributed by atoms with E-state index in [0.29, 0.717) is 0 Å². The van der Waals surface area contributed by atoms with E-state index >= 15 is 0 Å². The third kappa shape index (κ3) is 4.23. The Kier molecular flexibility index (Phi) is 5.91. The van der Waals surface area contributed by atoms with Crippen molar-refractivity contribution in [1.82, 2.24) is 0 Å². The van der Waals surface area contributed by atoms with Crippen molar-refractivity contribution in [2.24, 2.45) is 11.7 Å². The SMILES string of the molecule is CCCC1CCN(c2ccc(Br)cc2CC(C)N)CC1. The molecule has 0 saturated carbocycles. The van der Waals surface area contributed by atoms with Crippen LogP contribution in [0.2, 0.25) is 0 Å².